The molecule has 0 saturated carbocycles. The van der Waals surface area contributed by atoms with E-state index in [4.69, 9.17) is 28.0 Å². The highest BCUT2D eigenvalue weighted by Gasteiger charge is 2.31. The van der Waals surface area contributed by atoms with Gasteiger partial charge in [-0.2, -0.15) is 0 Å². The van der Waals surface area contributed by atoms with Crippen LogP contribution in [-0.4, -0.2) is 61.8 Å². The molecule has 2 aromatic carbocycles. The van der Waals surface area contributed by atoms with E-state index in [0.29, 0.717) is 42.5 Å². The monoisotopic (exact) mass is 457 g/mol. The van der Waals surface area contributed by atoms with Gasteiger partial charge < -0.3 is 14.6 Å². The molecule has 2 aromatic rings. The third-order valence-corrected chi connectivity index (χ3v) is 6.12. The van der Waals surface area contributed by atoms with Crippen LogP contribution in [0.25, 0.3) is 5.57 Å². The maximum Gasteiger partial charge on any atom is 0.276 e. The Kier molecular flexibility index (Phi) is 6.65. The highest BCUT2D eigenvalue weighted by Crippen LogP contribution is 2.39. The second kappa shape index (κ2) is 9.43. The molecule has 0 saturated heterocycles. The Bertz CT molecular complexity index is 1050. The van der Waals surface area contributed by atoms with Crippen molar-refractivity contribution in [3.8, 4) is 0 Å². The van der Waals surface area contributed by atoms with Crippen LogP contribution in [-0.2, 0) is 16.1 Å². The normalized spacial score (nSPS) is 15.9. The Balaban J connectivity index is 1.54. The summed E-state index contributed by atoms with van der Waals surface area (Å²) in [6.07, 6.45) is 1.67. The van der Waals surface area contributed by atoms with E-state index < -0.39 is 0 Å². The molecular weight excluding hydrogens is 433 g/mol. The molecule has 5 nitrogen and oxygen atoms in total. The Hall–Kier alpha value is -2.34. The predicted molar refractivity (Wildman–Crippen MR) is 126 cm³/mol. The van der Waals surface area contributed by atoms with Crippen molar-refractivity contribution >= 4 is 40.4 Å². The summed E-state index contributed by atoms with van der Waals surface area (Å²) in [5, 5.41) is 5.59. The molecule has 0 aromatic heterocycles. The standard InChI is InChI=1S/C24H25Cl2N3O2/c1-28(2)11-12-31-27-23(16-3-6-19(25)7-4-16)24(30)29-10-9-21-18(15-29)13-17-5-8-20(26)14-22(17)21/h3-8,14H,9-13,15H2,1-2H3/b27-23+. The number of hydrogen-bond donors (Lipinski definition) is 0. The second-order valence-corrected chi connectivity index (χ2v) is 8.99. The Morgan fingerprint density at radius 2 is 1.87 bits per heavy atom. The van der Waals surface area contributed by atoms with Gasteiger partial charge in [-0.05, 0) is 73.5 Å². The SMILES string of the molecule is CN(C)CCO/N=C(/C(=O)N1CCC2=C(Cc3ccc(Cl)cc32)C1)c1ccc(Cl)cc1. The number of carbonyl (C=O) groups excluding carboxylic acids is 1. The summed E-state index contributed by atoms with van der Waals surface area (Å²) < 4.78 is 0. The topological polar surface area (TPSA) is 45.1 Å². The van der Waals surface area contributed by atoms with Crippen LogP contribution in [0.2, 0.25) is 10.0 Å². The van der Waals surface area contributed by atoms with E-state index in [9.17, 15) is 4.79 Å². The number of fused-ring (bicyclic) bond motifs is 2. The van der Waals surface area contributed by atoms with Gasteiger partial charge in [-0.15, -0.1) is 0 Å². The fraction of sp³-hybridized carbons (Fsp3) is 0.333. The van der Waals surface area contributed by atoms with Crippen LogP contribution in [0.15, 0.2) is 53.2 Å². The van der Waals surface area contributed by atoms with E-state index in [1.807, 2.05) is 36.0 Å². The van der Waals surface area contributed by atoms with Gasteiger partial charge in [-0.25, -0.2) is 0 Å². The quantitative estimate of drug-likeness (QED) is 0.363. The molecule has 0 bridgehead atoms. The van der Waals surface area contributed by atoms with Crippen molar-refractivity contribution < 1.29 is 9.63 Å². The summed E-state index contributed by atoms with van der Waals surface area (Å²) in [5.41, 5.74) is 6.11. The molecule has 4 rings (SSSR count). The first kappa shape index (κ1) is 21.9. The maximum atomic E-state index is 13.5. The van der Waals surface area contributed by atoms with Gasteiger partial charge in [0, 0.05) is 35.2 Å². The lowest BCUT2D eigenvalue weighted by Crippen LogP contribution is -2.41. The van der Waals surface area contributed by atoms with E-state index in [2.05, 4.69) is 11.2 Å². The van der Waals surface area contributed by atoms with Crippen molar-refractivity contribution in [1.29, 1.82) is 0 Å². The average molecular weight is 458 g/mol. The van der Waals surface area contributed by atoms with Gasteiger partial charge in [0.05, 0.1) is 0 Å². The van der Waals surface area contributed by atoms with Crippen LogP contribution in [0.1, 0.15) is 23.1 Å². The zero-order valence-corrected chi connectivity index (χ0v) is 19.2. The van der Waals surface area contributed by atoms with E-state index >= 15 is 0 Å². The van der Waals surface area contributed by atoms with E-state index in [0.717, 1.165) is 17.9 Å². The first-order chi connectivity index (χ1) is 14.9. The van der Waals surface area contributed by atoms with Crippen LogP contribution >= 0.6 is 23.2 Å². The van der Waals surface area contributed by atoms with Crippen LogP contribution in [0.5, 0.6) is 0 Å². The van der Waals surface area contributed by atoms with Crippen molar-refractivity contribution in [2.75, 3.05) is 40.3 Å². The smallest absolute Gasteiger partial charge is 0.276 e. The number of halogens is 2. The van der Waals surface area contributed by atoms with Crippen LogP contribution in [0.3, 0.4) is 0 Å². The molecule has 0 N–H and O–H groups in total. The minimum atomic E-state index is -0.132. The van der Waals surface area contributed by atoms with Crippen molar-refractivity contribution in [2.24, 2.45) is 5.16 Å². The fourth-order valence-electron chi connectivity index (χ4n) is 4.01. The summed E-state index contributed by atoms with van der Waals surface area (Å²) in [6.45, 7) is 2.34. The molecule has 0 unspecified atom stereocenters. The molecule has 31 heavy (non-hydrogen) atoms. The van der Waals surface area contributed by atoms with Gasteiger partial charge in [0.25, 0.3) is 5.91 Å². The summed E-state index contributed by atoms with van der Waals surface area (Å²) in [6, 6.07) is 13.2. The lowest BCUT2D eigenvalue weighted by molar-refractivity contribution is -0.124. The Morgan fingerprint density at radius 3 is 2.61 bits per heavy atom. The number of hydrogen-bond acceptors (Lipinski definition) is 4. The third-order valence-electron chi connectivity index (χ3n) is 5.63. The molecular formula is C24H25Cl2N3O2. The van der Waals surface area contributed by atoms with E-state index in [-0.39, 0.29) is 5.91 Å². The first-order valence-electron chi connectivity index (χ1n) is 10.3. The molecule has 7 heteroatoms. The lowest BCUT2D eigenvalue weighted by atomic mass is 9.98. The first-order valence-corrected chi connectivity index (χ1v) is 11.1. The third kappa shape index (κ3) is 4.95. The van der Waals surface area contributed by atoms with Gasteiger partial charge in [0.2, 0.25) is 0 Å². The van der Waals surface area contributed by atoms with Gasteiger partial charge in [-0.3, -0.25) is 4.79 Å². The summed E-state index contributed by atoms with van der Waals surface area (Å²) in [5.74, 6) is -0.132. The van der Waals surface area contributed by atoms with Crippen molar-refractivity contribution in [3.05, 3.63) is 74.8 Å². The molecule has 1 aliphatic carbocycles. The zero-order chi connectivity index (χ0) is 22.0. The van der Waals surface area contributed by atoms with Gasteiger partial charge in [-0.1, -0.05) is 46.6 Å². The van der Waals surface area contributed by atoms with Crippen LogP contribution in [0, 0.1) is 0 Å². The van der Waals surface area contributed by atoms with Crippen LogP contribution < -0.4 is 0 Å². The molecule has 1 amide bonds. The summed E-state index contributed by atoms with van der Waals surface area (Å²) in [7, 11) is 3.92. The number of oxime groups is 1. The Morgan fingerprint density at radius 1 is 1.13 bits per heavy atom. The molecule has 2 aliphatic rings. The highest BCUT2D eigenvalue weighted by atomic mass is 35.5. The van der Waals surface area contributed by atoms with E-state index in [1.54, 1.807) is 24.3 Å². The number of benzene rings is 2. The summed E-state index contributed by atoms with van der Waals surface area (Å²) in [4.78, 5) is 22.8. The number of likely N-dealkylation sites (N-methyl/N-ethyl adjacent to an activating group) is 1. The molecule has 1 heterocycles. The number of amides is 1. The van der Waals surface area contributed by atoms with Crippen molar-refractivity contribution in [3.63, 3.8) is 0 Å². The molecule has 0 spiro atoms. The average Bonchev–Trinajstić information content (AvgIpc) is 3.11. The van der Waals surface area contributed by atoms with Gasteiger partial charge >= 0.3 is 0 Å². The zero-order valence-electron chi connectivity index (χ0n) is 17.7. The highest BCUT2D eigenvalue weighted by molar-refractivity contribution is 6.45. The van der Waals surface area contributed by atoms with Gasteiger partial charge in [0.1, 0.15) is 6.61 Å². The molecule has 0 radical (unpaired) electrons. The molecule has 162 valence electrons. The number of carbonyl (C=O) groups is 1. The predicted octanol–water partition coefficient (Wildman–Crippen LogP) is 4.52. The van der Waals surface area contributed by atoms with Crippen LogP contribution in [0.4, 0.5) is 0 Å². The molecule has 1 aliphatic heterocycles. The molecule has 0 fully saturated rings. The molecule has 0 atom stereocenters. The minimum Gasteiger partial charge on any atom is -0.394 e. The second-order valence-electron chi connectivity index (χ2n) is 8.12. The maximum absolute atomic E-state index is 13.5. The fourth-order valence-corrected chi connectivity index (χ4v) is 4.31. The van der Waals surface area contributed by atoms with Crippen molar-refractivity contribution in [1.82, 2.24) is 9.80 Å². The van der Waals surface area contributed by atoms with Crippen molar-refractivity contribution in [2.45, 2.75) is 12.8 Å². The minimum absolute atomic E-state index is 0.132. The number of nitrogens with zero attached hydrogens (tertiary/aromatic N) is 3. The summed E-state index contributed by atoms with van der Waals surface area (Å²) >= 11 is 12.2. The largest absolute Gasteiger partial charge is 0.394 e. The van der Waals surface area contributed by atoms with Gasteiger partial charge in [0.15, 0.2) is 5.71 Å². The number of rotatable bonds is 6. The lowest BCUT2D eigenvalue weighted by Gasteiger charge is -2.29. The Labute approximate surface area is 192 Å². The van der Waals surface area contributed by atoms with E-state index in [1.165, 1.54) is 22.3 Å².